The molecule has 15 heavy (non-hydrogen) atoms. The van der Waals surface area contributed by atoms with Crippen molar-refractivity contribution in [1.82, 2.24) is 25.0 Å². The maximum Gasteiger partial charge on any atom is 0.232 e. The Morgan fingerprint density at radius 1 is 1.53 bits per heavy atom. The Bertz CT molecular complexity index is 406. The fraction of sp³-hybridized carbons (Fsp3) is 0.500. The number of hydrogen-bond acceptors (Lipinski definition) is 6. The first-order valence-electron chi connectivity index (χ1n) is 4.66. The van der Waals surface area contributed by atoms with E-state index in [9.17, 15) is 0 Å². The third kappa shape index (κ3) is 2.38. The highest BCUT2D eigenvalue weighted by atomic mass is 16.4. The molecule has 0 amide bonds. The summed E-state index contributed by atoms with van der Waals surface area (Å²) in [5.41, 5.74) is 5.59. The number of nitrogens with zero attached hydrogens (tertiary/aromatic N) is 5. The van der Waals surface area contributed by atoms with E-state index in [0.29, 0.717) is 24.7 Å². The minimum absolute atomic E-state index is 0.224. The van der Waals surface area contributed by atoms with Crippen molar-refractivity contribution in [2.45, 2.75) is 25.9 Å². The van der Waals surface area contributed by atoms with E-state index in [1.165, 1.54) is 6.33 Å². The second-order valence-corrected chi connectivity index (χ2v) is 3.23. The Morgan fingerprint density at radius 3 is 3.00 bits per heavy atom. The molecule has 2 heterocycles. The number of rotatable bonds is 4. The summed E-state index contributed by atoms with van der Waals surface area (Å²) in [6.45, 7) is 2.47. The lowest BCUT2D eigenvalue weighted by atomic mass is 10.4. The van der Waals surface area contributed by atoms with Crippen LogP contribution in [0.3, 0.4) is 0 Å². The van der Waals surface area contributed by atoms with Gasteiger partial charge in [0.05, 0.1) is 12.6 Å². The van der Waals surface area contributed by atoms with Crippen LogP contribution in [-0.4, -0.2) is 25.0 Å². The molecule has 2 aromatic rings. The van der Waals surface area contributed by atoms with E-state index < -0.39 is 0 Å². The van der Waals surface area contributed by atoms with Gasteiger partial charge in [0.25, 0.3) is 0 Å². The molecule has 80 valence electrons. The smallest absolute Gasteiger partial charge is 0.232 e. The van der Waals surface area contributed by atoms with Crippen molar-refractivity contribution in [2.75, 3.05) is 0 Å². The molecule has 0 saturated carbocycles. The van der Waals surface area contributed by atoms with Crippen LogP contribution in [0, 0.1) is 0 Å². The van der Waals surface area contributed by atoms with Crippen molar-refractivity contribution in [2.24, 2.45) is 5.73 Å². The molecule has 0 bridgehead atoms. The molecule has 7 heteroatoms. The standard InChI is InChI=1S/C8H12N6O/c1-6(9)8-13-12-7(15-8)2-3-14-5-10-4-11-14/h4-6H,2-3,9H2,1H3. The molecule has 0 aromatic carbocycles. The summed E-state index contributed by atoms with van der Waals surface area (Å²) in [4.78, 5) is 3.83. The average molecular weight is 208 g/mol. The lowest BCUT2D eigenvalue weighted by Crippen LogP contribution is -2.04. The van der Waals surface area contributed by atoms with E-state index in [2.05, 4.69) is 20.3 Å². The highest BCUT2D eigenvalue weighted by Gasteiger charge is 2.09. The Morgan fingerprint density at radius 2 is 2.40 bits per heavy atom. The zero-order valence-corrected chi connectivity index (χ0v) is 8.37. The molecular formula is C8H12N6O. The molecule has 0 aliphatic rings. The first-order chi connectivity index (χ1) is 7.25. The van der Waals surface area contributed by atoms with Crippen LogP contribution in [0.1, 0.15) is 24.7 Å². The number of hydrogen-bond donors (Lipinski definition) is 1. The molecule has 0 aliphatic carbocycles. The van der Waals surface area contributed by atoms with Crippen molar-refractivity contribution in [3.63, 3.8) is 0 Å². The third-order valence-electron chi connectivity index (χ3n) is 1.89. The lowest BCUT2D eigenvalue weighted by Gasteiger charge is -1.96. The fourth-order valence-electron chi connectivity index (χ4n) is 1.11. The quantitative estimate of drug-likeness (QED) is 0.755. The molecule has 0 saturated heterocycles. The van der Waals surface area contributed by atoms with Gasteiger partial charge in [-0.3, -0.25) is 4.68 Å². The monoisotopic (exact) mass is 208 g/mol. The Balaban J connectivity index is 1.94. The van der Waals surface area contributed by atoms with Gasteiger partial charge in [0.2, 0.25) is 11.8 Å². The van der Waals surface area contributed by atoms with Crippen LogP contribution in [0.4, 0.5) is 0 Å². The summed E-state index contributed by atoms with van der Waals surface area (Å²) in [5.74, 6) is 1.03. The van der Waals surface area contributed by atoms with Crippen molar-refractivity contribution in [3.05, 3.63) is 24.4 Å². The van der Waals surface area contributed by atoms with Crippen LogP contribution in [-0.2, 0) is 13.0 Å². The van der Waals surface area contributed by atoms with Crippen molar-refractivity contribution >= 4 is 0 Å². The molecule has 0 fully saturated rings. The largest absolute Gasteiger partial charge is 0.424 e. The number of aromatic nitrogens is 5. The predicted octanol–water partition coefficient (Wildman–Crippen LogP) is -0.0765. The summed E-state index contributed by atoms with van der Waals surface area (Å²) in [6, 6.07) is -0.224. The van der Waals surface area contributed by atoms with Crippen LogP contribution in [0.2, 0.25) is 0 Å². The molecule has 1 unspecified atom stereocenters. The van der Waals surface area contributed by atoms with E-state index in [-0.39, 0.29) is 6.04 Å². The summed E-state index contributed by atoms with van der Waals surface area (Å²) in [7, 11) is 0. The van der Waals surface area contributed by atoms with Gasteiger partial charge in [0.15, 0.2) is 0 Å². The highest BCUT2D eigenvalue weighted by Crippen LogP contribution is 2.07. The Hall–Kier alpha value is -1.76. The Labute approximate surface area is 86.3 Å². The second-order valence-electron chi connectivity index (χ2n) is 3.23. The summed E-state index contributed by atoms with van der Waals surface area (Å²) < 4.78 is 7.04. The van der Waals surface area contributed by atoms with E-state index in [4.69, 9.17) is 10.2 Å². The molecule has 2 N–H and O–H groups in total. The predicted molar refractivity (Wildman–Crippen MR) is 50.6 cm³/mol. The molecule has 2 rings (SSSR count). The zero-order valence-electron chi connectivity index (χ0n) is 8.37. The van der Waals surface area contributed by atoms with Crippen molar-refractivity contribution in [3.8, 4) is 0 Å². The minimum Gasteiger partial charge on any atom is -0.424 e. The van der Waals surface area contributed by atoms with Gasteiger partial charge < -0.3 is 10.2 Å². The molecule has 2 aromatic heterocycles. The zero-order chi connectivity index (χ0) is 10.7. The molecule has 0 radical (unpaired) electrons. The van der Waals surface area contributed by atoms with Gasteiger partial charge in [-0.1, -0.05) is 0 Å². The van der Waals surface area contributed by atoms with Gasteiger partial charge in [0.1, 0.15) is 12.7 Å². The summed E-state index contributed by atoms with van der Waals surface area (Å²) in [5, 5.41) is 11.7. The van der Waals surface area contributed by atoms with Gasteiger partial charge in [-0.25, -0.2) is 4.98 Å². The summed E-state index contributed by atoms with van der Waals surface area (Å²) in [6.07, 6.45) is 3.76. The van der Waals surface area contributed by atoms with Gasteiger partial charge >= 0.3 is 0 Å². The van der Waals surface area contributed by atoms with Crippen LogP contribution < -0.4 is 5.73 Å². The van der Waals surface area contributed by atoms with Gasteiger partial charge in [-0.2, -0.15) is 5.10 Å². The maximum absolute atomic E-state index is 5.59. The first kappa shape index (κ1) is 9.78. The van der Waals surface area contributed by atoms with E-state index in [0.717, 1.165) is 0 Å². The SMILES string of the molecule is CC(N)c1nnc(CCn2cncn2)o1. The van der Waals surface area contributed by atoms with Crippen LogP contribution in [0.15, 0.2) is 17.1 Å². The lowest BCUT2D eigenvalue weighted by molar-refractivity contribution is 0.414. The molecule has 0 spiro atoms. The van der Waals surface area contributed by atoms with Crippen molar-refractivity contribution < 1.29 is 4.42 Å². The van der Waals surface area contributed by atoms with E-state index >= 15 is 0 Å². The van der Waals surface area contributed by atoms with Gasteiger partial charge in [0, 0.05) is 6.42 Å². The number of nitrogens with two attached hydrogens (primary N) is 1. The first-order valence-corrected chi connectivity index (χ1v) is 4.66. The second kappa shape index (κ2) is 4.18. The third-order valence-corrected chi connectivity index (χ3v) is 1.89. The van der Waals surface area contributed by atoms with E-state index in [1.54, 1.807) is 17.9 Å². The van der Waals surface area contributed by atoms with Crippen LogP contribution >= 0.6 is 0 Å². The average Bonchev–Trinajstić information content (AvgIpc) is 2.86. The summed E-state index contributed by atoms with van der Waals surface area (Å²) >= 11 is 0. The molecule has 1 atom stereocenters. The topological polar surface area (TPSA) is 95.7 Å². The number of aryl methyl sites for hydroxylation is 2. The molecule has 7 nitrogen and oxygen atoms in total. The highest BCUT2D eigenvalue weighted by molar-refractivity contribution is 4.86. The minimum atomic E-state index is -0.224. The van der Waals surface area contributed by atoms with Crippen LogP contribution in [0.5, 0.6) is 0 Å². The normalized spacial score (nSPS) is 12.9. The van der Waals surface area contributed by atoms with Crippen LogP contribution in [0.25, 0.3) is 0 Å². The molecular weight excluding hydrogens is 196 g/mol. The molecule has 0 aliphatic heterocycles. The van der Waals surface area contributed by atoms with Gasteiger partial charge in [-0.05, 0) is 6.92 Å². The maximum atomic E-state index is 5.59. The van der Waals surface area contributed by atoms with Crippen molar-refractivity contribution in [1.29, 1.82) is 0 Å². The van der Waals surface area contributed by atoms with E-state index in [1.807, 2.05) is 0 Å². The fourth-order valence-corrected chi connectivity index (χ4v) is 1.11. The van der Waals surface area contributed by atoms with Gasteiger partial charge in [-0.15, -0.1) is 10.2 Å². The Kier molecular flexibility index (Phi) is 2.72.